The van der Waals surface area contributed by atoms with Crippen LogP contribution in [0.4, 0.5) is 10.6 Å². The van der Waals surface area contributed by atoms with Crippen LogP contribution in [0.1, 0.15) is 57.6 Å². The van der Waals surface area contributed by atoms with Crippen molar-refractivity contribution >= 4 is 34.8 Å². The number of fused-ring (bicyclic) bond motifs is 1. The number of hydrogen-bond acceptors (Lipinski definition) is 10. The minimum absolute atomic E-state index is 0.218. The number of amides is 1. The van der Waals surface area contributed by atoms with Gasteiger partial charge in [-0.05, 0) is 49.8 Å². The van der Waals surface area contributed by atoms with Gasteiger partial charge in [0.15, 0.2) is 22.1 Å². The molecule has 1 aliphatic carbocycles. The van der Waals surface area contributed by atoms with E-state index in [1.165, 1.54) is 0 Å². The van der Waals surface area contributed by atoms with E-state index in [1.807, 2.05) is 0 Å². The predicted octanol–water partition coefficient (Wildman–Crippen LogP) is 3.19. The van der Waals surface area contributed by atoms with E-state index in [0.717, 1.165) is 37.1 Å². The molecule has 2 heterocycles. The number of phenolic OH excluding ortho intramolecular Hbond substituents is 1. The van der Waals surface area contributed by atoms with Crippen LogP contribution in [0, 0.1) is 0 Å². The topological polar surface area (TPSA) is 179 Å². The summed E-state index contributed by atoms with van der Waals surface area (Å²) in [6, 6.07) is 6.38. The quantitative estimate of drug-likeness (QED) is 0.118. The smallest absolute Gasteiger partial charge is 0.404 e. The molecule has 1 saturated carbocycles. The largest absolute Gasteiger partial charge is 0.508 e. The molecule has 0 radical (unpaired) electrons. The summed E-state index contributed by atoms with van der Waals surface area (Å²) in [6.07, 6.45) is 2.44. The number of aromatic nitrogens is 5. The molecular weight excluding hydrogens is 510 g/mol. The average Bonchev–Trinajstić information content (AvgIpc) is 3.47. The lowest BCUT2D eigenvalue weighted by Gasteiger charge is -2.16. The zero-order valence-corrected chi connectivity index (χ0v) is 22.6. The fourth-order valence-electron chi connectivity index (χ4n) is 3.98. The Hall–Kier alpha value is -3.16. The van der Waals surface area contributed by atoms with Crippen LogP contribution in [0.15, 0.2) is 29.4 Å². The van der Waals surface area contributed by atoms with Crippen molar-refractivity contribution in [3.05, 3.63) is 29.8 Å². The van der Waals surface area contributed by atoms with E-state index in [1.54, 1.807) is 40.7 Å². The molecule has 38 heavy (non-hydrogen) atoms. The third kappa shape index (κ3) is 8.17. The summed E-state index contributed by atoms with van der Waals surface area (Å²) in [5.41, 5.74) is 2.22. The molecule has 13 heteroatoms. The molecule has 0 spiro atoms. The number of phenols is 1. The average molecular weight is 548 g/mol. The predicted molar refractivity (Wildman–Crippen MR) is 146 cm³/mol. The minimum Gasteiger partial charge on any atom is -0.508 e. The van der Waals surface area contributed by atoms with Gasteiger partial charge in [0.1, 0.15) is 11.9 Å². The standard InChI is InChI=1S/C16H26N6O2S.C9H11NO3/c1-3-5-8-17-14-12-15(19-16(18-14)25-9-4-2)22(21-20-12)10-6-7-11(23)13(10)24;11-8-3-1-7(2-4-8)5-6-10-9(12)13/h10-11,13,23-24H,3-9H2,1-2H3,(H,17,18,19);1-4,10-11H,5-6H2,(H,12,13)/t10-,11-,13+;/m1./s1. The molecule has 4 rings (SSSR count). The first-order valence-corrected chi connectivity index (χ1v) is 13.9. The van der Waals surface area contributed by atoms with E-state index in [4.69, 9.17) is 10.2 Å². The highest BCUT2D eigenvalue weighted by atomic mass is 32.2. The van der Waals surface area contributed by atoms with E-state index >= 15 is 0 Å². The Morgan fingerprint density at radius 1 is 1.11 bits per heavy atom. The number of aliphatic hydroxyl groups excluding tert-OH is 2. The molecule has 0 unspecified atom stereocenters. The molecule has 208 valence electrons. The van der Waals surface area contributed by atoms with E-state index < -0.39 is 18.3 Å². The first kappa shape index (κ1) is 29.4. The molecule has 0 aliphatic heterocycles. The van der Waals surface area contributed by atoms with Crippen molar-refractivity contribution in [1.29, 1.82) is 0 Å². The van der Waals surface area contributed by atoms with Crippen LogP contribution in [0.5, 0.6) is 5.75 Å². The highest BCUT2D eigenvalue weighted by Gasteiger charge is 2.37. The maximum absolute atomic E-state index is 10.2. The Bertz CT molecular complexity index is 1160. The van der Waals surface area contributed by atoms with Gasteiger partial charge in [0.05, 0.1) is 12.1 Å². The third-order valence-corrected chi connectivity index (χ3v) is 7.10. The summed E-state index contributed by atoms with van der Waals surface area (Å²) < 4.78 is 1.65. The van der Waals surface area contributed by atoms with Crippen molar-refractivity contribution in [2.24, 2.45) is 0 Å². The van der Waals surface area contributed by atoms with Crippen LogP contribution in [-0.2, 0) is 6.42 Å². The lowest BCUT2D eigenvalue weighted by atomic mass is 10.1. The SMILES string of the molecule is CCCCNc1nc(SCCC)nc2c1nnn2[C@@H]1CC[C@@H](O)[C@H]1O.O=C(O)NCCc1ccc(O)cc1. The van der Waals surface area contributed by atoms with Crippen molar-refractivity contribution in [3.63, 3.8) is 0 Å². The van der Waals surface area contributed by atoms with Crippen LogP contribution in [0.3, 0.4) is 0 Å². The highest BCUT2D eigenvalue weighted by Crippen LogP contribution is 2.33. The van der Waals surface area contributed by atoms with Crippen LogP contribution >= 0.6 is 11.8 Å². The van der Waals surface area contributed by atoms with E-state index in [9.17, 15) is 15.0 Å². The number of unbranched alkanes of at least 4 members (excludes halogenated alkanes) is 1. The molecule has 1 aliphatic rings. The van der Waals surface area contributed by atoms with Gasteiger partial charge in [-0.25, -0.2) is 19.4 Å². The first-order valence-electron chi connectivity index (χ1n) is 12.9. The second-order valence-corrected chi connectivity index (χ2v) is 10.1. The van der Waals surface area contributed by atoms with Gasteiger partial charge in [-0.1, -0.05) is 49.4 Å². The van der Waals surface area contributed by atoms with Crippen molar-refractivity contribution in [3.8, 4) is 5.75 Å². The summed E-state index contributed by atoms with van der Waals surface area (Å²) >= 11 is 1.60. The van der Waals surface area contributed by atoms with Crippen LogP contribution < -0.4 is 10.6 Å². The van der Waals surface area contributed by atoms with Crippen LogP contribution in [0.2, 0.25) is 0 Å². The maximum Gasteiger partial charge on any atom is 0.404 e. The number of aromatic hydroxyl groups is 1. The first-order chi connectivity index (χ1) is 18.3. The Morgan fingerprint density at radius 3 is 2.50 bits per heavy atom. The Balaban J connectivity index is 0.000000260. The molecule has 3 atom stereocenters. The monoisotopic (exact) mass is 547 g/mol. The lowest BCUT2D eigenvalue weighted by molar-refractivity contribution is 0.0215. The van der Waals surface area contributed by atoms with Gasteiger partial charge < -0.3 is 31.1 Å². The van der Waals surface area contributed by atoms with Gasteiger partial charge in [-0.15, -0.1) is 5.10 Å². The zero-order chi connectivity index (χ0) is 27.5. The molecule has 12 nitrogen and oxygen atoms in total. The molecule has 1 fully saturated rings. The fraction of sp³-hybridized carbons (Fsp3) is 0.560. The number of rotatable bonds is 11. The van der Waals surface area contributed by atoms with Gasteiger partial charge in [-0.3, -0.25) is 0 Å². The molecule has 3 aromatic rings. The van der Waals surface area contributed by atoms with Gasteiger partial charge >= 0.3 is 6.09 Å². The number of thioether (sulfide) groups is 1. The molecule has 6 N–H and O–H groups in total. The van der Waals surface area contributed by atoms with Gasteiger partial charge in [0.25, 0.3) is 0 Å². The number of benzene rings is 1. The number of nitrogens with one attached hydrogen (secondary N) is 2. The molecule has 1 amide bonds. The second kappa shape index (κ2) is 14.7. The lowest BCUT2D eigenvalue weighted by Crippen LogP contribution is -2.28. The number of aliphatic hydroxyl groups is 2. The van der Waals surface area contributed by atoms with Gasteiger partial charge in [0, 0.05) is 18.8 Å². The third-order valence-electron chi connectivity index (χ3n) is 6.05. The second-order valence-electron chi connectivity index (χ2n) is 9.04. The zero-order valence-electron chi connectivity index (χ0n) is 21.7. The Morgan fingerprint density at radius 2 is 1.87 bits per heavy atom. The summed E-state index contributed by atoms with van der Waals surface area (Å²) in [5.74, 6) is 1.85. The number of anilines is 1. The normalized spacial score (nSPS) is 18.7. The summed E-state index contributed by atoms with van der Waals surface area (Å²) in [4.78, 5) is 19.3. The van der Waals surface area contributed by atoms with Crippen molar-refractivity contribution in [1.82, 2.24) is 30.3 Å². The maximum atomic E-state index is 10.2. The summed E-state index contributed by atoms with van der Waals surface area (Å²) in [6.45, 7) is 5.47. The molecule has 1 aromatic carbocycles. The molecule has 2 aromatic heterocycles. The van der Waals surface area contributed by atoms with Crippen molar-refractivity contribution in [2.75, 3.05) is 24.2 Å². The fourth-order valence-corrected chi connectivity index (χ4v) is 4.67. The van der Waals surface area contributed by atoms with E-state index in [-0.39, 0.29) is 11.8 Å². The minimum atomic E-state index is -1.02. The van der Waals surface area contributed by atoms with Crippen LogP contribution in [0.25, 0.3) is 11.2 Å². The number of carbonyl (C=O) groups is 1. The number of carboxylic acid groups (broad SMARTS) is 1. The van der Waals surface area contributed by atoms with Crippen molar-refractivity contribution in [2.45, 2.75) is 75.8 Å². The molecule has 0 saturated heterocycles. The van der Waals surface area contributed by atoms with Crippen molar-refractivity contribution < 1.29 is 25.2 Å². The Kier molecular flexibility index (Phi) is 11.4. The highest BCUT2D eigenvalue weighted by molar-refractivity contribution is 7.99. The van der Waals surface area contributed by atoms with Crippen LogP contribution in [-0.4, -0.2) is 82.5 Å². The van der Waals surface area contributed by atoms with E-state index in [0.29, 0.717) is 47.9 Å². The van der Waals surface area contributed by atoms with E-state index in [2.05, 4.69) is 44.8 Å². The number of nitrogens with zero attached hydrogens (tertiary/aromatic N) is 5. The molecule has 0 bridgehead atoms. The Labute approximate surface area is 225 Å². The molecular formula is C25H37N7O5S. The summed E-state index contributed by atoms with van der Waals surface area (Å²) in [7, 11) is 0. The van der Waals surface area contributed by atoms with Gasteiger partial charge in [0.2, 0.25) is 0 Å². The summed E-state index contributed by atoms with van der Waals surface area (Å²) in [5, 5.41) is 52.1. The van der Waals surface area contributed by atoms with Gasteiger partial charge in [-0.2, -0.15) is 0 Å². The number of hydrogen-bond donors (Lipinski definition) is 6.